The highest BCUT2D eigenvalue weighted by molar-refractivity contribution is 7.00. The SMILES string of the molecule is C=CC(=O)NCc1cccc2nsnc12. The fourth-order valence-electron chi connectivity index (χ4n) is 1.26. The van der Waals surface area contributed by atoms with Gasteiger partial charge in [0.05, 0.1) is 11.7 Å². The van der Waals surface area contributed by atoms with Crippen molar-refractivity contribution in [3.63, 3.8) is 0 Å². The minimum atomic E-state index is -0.185. The molecule has 0 bridgehead atoms. The van der Waals surface area contributed by atoms with Crippen LogP contribution in [0.4, 0.5) is 0 Å². The predicted molar refractivity (Wildman–Crippen MR) is 59.5 cm³/mol. The average Bonchev–Trinajstić information content (AvgIpc) is 2.74. The van der Waals surface area contributed by atoms with E-state index in [-0.39, 0.29) is 5.91 Å². The summed E-state index contributed by atoms with van der Waals surface area (Å²) in [7, 11) is 0. The van der Waals surface area contributed by atoms with Gasteiger partial charge in [0.25, 0.3) is 0 Å². The summed E-state index contributed by atoms with van der Waals surface area (Å²) in [6.45, 7) is 3.84. The Morgan fingerprint density at radius 1 is 1.53 bits per heavy atom. The quantitative estimate of drug-likeness (QED) is 0.796. The number of benzene rings is 1. The second-order valence-corrected chi connectivity index (χ2v) is 3.50. The lowest BCUT2D eigenvalue weighted by molar-refractivity contribution is -0.116. The molecule has 76 valence electrons. The minimum Gasteiger partial charge on any atom is -0.348 e. The number of fused-ring (bicyclic) bond motifs is 1. The van der Waals surface area contributed by atoms with Crippen molar-refractivity contribution < 1.29 is 4.79 Å². The molecule has 2 rings (SSSR count). The predicted octanol–water partition coefficient (Wildman–Crippen LogP) is 1.49. The van der Waals surface area contributed by atoms with Crippen LogP contribution in [0.3, 0.4) is 0 Å². The average molecular weight is 219 g/mol. The monoisotopic (exact) mass is 219 g/mol. The molecule has 2 aromatic rings. The van der Waals surface area contributed by atoms with Gasteiger partial charge in [-0.05, 0) is 12.1 Å². The van der Waals surface area contributed by atoms with E-state index >= 15 is 0 Å². The van der Waals surface area contributed by atoms with Gasteiger partial charge in [0.15, 0.2) is 0 Å². The number of nitrogens with one attached hydrogen (secondary N) is 1. The van der Waals surface area contributed by atoms with Crippen LogP contribution in [-0.2, 0) is 11.3 Å². The van der Waals surface area contributed by atoms with E-state index in [1.165, 1.54) is 17.8 Å². The smallest absolute Gasteiger partial charge is 0.243 e. The first-order valence-electron chi connectivity index (χ1n) is 4.41. The summed E-state index contributed by atoms with van der Waals surface area (Å²) in [6.07, 6.45) is 1.25. The maximum absolute atomic E-state index is 11.0. The maximum Gasteiger partial charge on any atom is 0.243 e. The van der Waals surface area contributed by atoms with Crippen molar-refractivity contribution in [3.05, 3.63) is 36.4 Å². The lowest BCUT2D eigenvalue weighted by Gasteiger charge is -2.02. The Labute approximate surface area is 91.0 Å². The first-order chi connectivity index (χ1) is 7.31. The van der Waals surface area contributed by atoms with Crippen LogP contribution in [0.1, 0.15) is 5.56 Å². The van der Waals surface area contributed by atoms with E-state index in [1.807, 2.05) is 18.2 Å². The van der Waals surface area contributed by atoms with Gasteiger partial charge < -0.3 is 5.32 Å². The zero-order valence-corrected chi connectivity index (χ0v) is 8.75. The van der Waals surface area contributed by atoms with E-state index in [9.17, 15) is 4.79 Å². The van der Waals surface area contributed by atoms with E-state index in [1.54, 1.807) is 0 Å². The Morgan fingerprint density at radius 3 is 3.20 bits per heavy atom. The zero-order valence-electron chi connectivity index (χ0n) is 7.93. The standard InChI is InChI=1S/C10H9N3OS/c1-2-9(14)11-6-7-4-3-5-8-10(7)13-15-12-8/h2-5H,1,6H2,(H,11,14). The number of carbonyl (C=O) groups excluding carboxylic acids is 1. The molecular formula is C10H9N3OS. The van der Waals surface area contributed by atoms with E-state index in [4.69, 9.17) is 0 Å². The van der Waals surface area contributed by atoms with Crippen molar-refractivity contribution in [1.29, 1.82) is 0 Å². The van der Waals surface area contributed by atoms with E-state index in [0.29, 0.717) is 6.54 Å². The largest absolute Gasteiger partial charge is 0.348 e. The van der Waals surface area contributed by atoms with Crippen LogP contribution in [0.15, 0.2) is 30.9 Å². The van der Waals surface area contributed by atoms with Gasteiger partial charge in [0, 0.05) is 12.1 Å². The van der Waals surface area contributed by atoms with E-state index in [0.717, 1.165) is 16.6 Å². The number of nitrogens with zero attached hydrogens (tertiary/aromatic N) is 2. The van der Waals surface area contributed by atoms with Gasteiger partial charge in [0.2, 0.25) is 5.91 Å². The highest BCUT2D eigenvalue weighted by atomic mass is 32.1. The molecule has 1 aromatic carbocycles. The molecule has 0 aliphatic carbocycles. The summed E-state index contributed by atoms with van der Waals surface area (Å²) in [6, 6.07) is 5.73. The van der Waals surface area contributed by atoms with Gasteiger partial charge in [-0.25, -0.2) is 0 Å². The van der Waals surface area contributed by atoms with Crippen LogP contribution in [0.25, 0.3) is 11.0 Å². The lowest BCUT2D eigenvalue weighted by Crippen LogP contribution is -2.20. The van der Waals surface area contributed by atoms with Crippen LogP contribution in [0, 0.1) is 0 Å². The van der Waals surface area contributed by atoms with Crippen LogP contribution < -0.4 is 5.32 Å². The van der Waals surface area contributed by atoms with Crippen LogP contribution >= 0.6 is 11.7 Å². The third kappa shape index (κ3) is 2.02. The fraction of sp³-hybridized carbons (Fsp3) is 0.100. The van der Waals surface area contributed by atoms with Crippen molar-refractivity contribution in [2.75, 3.05) is 0 Å². The highest BCUT2D eigenvalue weighted by Gasteiger charge is 2.04. The molecule has 0 saturated heterocycles. The summed E-state index contributed by atoms with van der Waals surface area (Å²) < 4.78 is 8.30. The maximum atomic E-state index is 11.0. The topological polar surface area (TPSA) is 54.9 Å². The summed E-state index contributed by atoms with van der Waals surface area (Å²) in [4.78, 5) is 11.0. The second-order valence-electron chi connectivity index (χ2n) is 2.97. The highest BCUT2D eigenvalue weighted by Crippen LogP contribution is 2.15. The first kappa shape index (κ1) is 9.79. The van der Waals surface area contributed by atoms with Crippen molar-refractivity contribution in [3.8, 4) is 0 Å². The molecule has 1 aromatic heterocycles. The van der Waals surface area contributed by atoms with Gasteiger partial charge in [-0.3, -0.25) is 4.79 Å². The molecule has 5 heteroatoms. The van der Waals surface area contributed by atoms with Crippen LogP contribution in [-0.4, -0.2) is 14.7 Å². The molecule has 0 saturated carbocycles. The number of hydrogen-bond acceptors (Lipinski definition) is 4. The van der Waals surface area contributed by atoms with E-state index < -0.39 is 0 Å². The normalized spacial score (nSPS) is 10.1. The van der Waals surface area contributed by atoms with Gasteiger partial charge in [0.1, 0.15) is 11.0 Å². The van der Waals surface area contributed by atoms with Crippen LogP contribution in [0.5, 0.6) is 0 Å². The van der Waals surface area contributed by atoms with Gasteiger partial charge in [-0.1, -0.05) is 18.7 Å². The number of carbonyl (C=O) groups is 1. The van der Waals surface area contributed by atoms with Crippen molar-refractivity contribution >= 4 is 28.7 Å². The van der Waals surface area contributed by atoms with Crippen LogP contribution in [0.2, 0.25) is 0 Å². The molecule has 0 aliphatic rings. The van der Waals surface area contributed by atoms with Gasteiger partial charge >= 0.3 is 0 Å². The minimum absolute atomic E-state index is 0.185. The molecule has 0 atom stereocenters. The summed E-state index contributed by atoms with van der Waals surface area (Å²) in [5.41, 5.74) is 2.69. The molecule has 1 heterocycles. The summed E-state index contributed by atoms with van der Waals surface area (Å²) >= 11 is 1.17. The summed E-state index contributed by atoms with van der Waals surface area (Å²) in [5, 5.41) is 2.71. The third-order valence-electron chi connectivity index (χ3n) is 2.01. The molecule has 0 radical (unpaired) electrons. The Bertz CT molecular complexity index is 506. The Hall–Kier alpha value is -1.75. The molecular weight excluding hydrogens is 210 g/mol. The first-order valence-corrected chi connectivity index (χ1v) is 5.14. The number of aromatic nitrogens is 2. The number of rotatable bonds is 3. The molecule has 0 aliphatic heterocycles. The summed E-state index contributed by atoms with van der Waals surface area (Å²) in [5.74, 6) is -0.185. The van der Waals surface area contributed by atoms with Crippen molar-refractivity contribution in [2.24, 2.45) is 0 Å². The molecule has 0 unspecified atom stereocenters. The van der Waals surface area contributed by atoms with Crippen molar-refractivity contribution in [1.82, 2.24) is 14.1 Å². The molecule has 1 amide bonds. The Morgan fingerprint density at radius 2 is 2.40 bits per heavy atom. The van der Waals surface area contributed by atoms with Gasteiger partial charge in [-0.2, -0.15) is 8.75 Å². The molecule has 0 spiro atoms. The lowest BCUT2D eigenvalue weighted by atomic mass is 10.2. The fourth-order valence-corrected chi connectivity index (χ4v) is 1.83. The number of amides is 1. The van der Waals surface area contributed by atoms with Gasteiger partial charge in [-0.15, -0.1) is 0 Å². The molecule has 0 fully saturated rings. The molecule has 15 heavy (non-hydrogen) atoms. The third-order valence-corrected chi connectivity index (χ3v) is 2.55. The molecule has 4 nitrogen and oxygen atoms in total. The number of hydrogen-bond donors (Lipinski definition) is 1. The Kier molecular flexibility index (Phi) is 2.73. The Balaban J connectivity index is 2.24. The van der Waals surface area contributed by atoms with E-state index in [2.05, 4.69) is 20.6 Å². The van der Waals surface area contributed by atoms with Crippen molar-refractivity contribution in [2.45, 2.75) is 6.54 Å². The molecule has 1 N–H and O–H groups in total. The zero-order chi connectivity index (χ0) is 10.7. The second kappa shape index (κ2) is 4.18.